The molecule has 1 aliphatic heterocycles. The number of nitrogens with two attached hydrogens (primary N) is 1. The Morgan fingerprint density at radius 2 is 1.51 bits per heavy atom. The van der Waals surface area contributed by atoms with Gasteiger partial charge in [0.1, 0.15) is 18.1 Å². The van der Waals surface area contributed by atoms with Crippen LogP contribution >= 0.6 is 0 Å². The summed E-state index contributed by atoms with van der Waals surface area (Å²) in [6, 6.07) is 14.8. The smallest absolute Gasteiger partial charge is 0.475 e. The van der Waals surface area contributed by atoms with Crippen LogP contribution < -0.4 is 21.7 Å². The first-order valence-corrected chi connectivity index (χ1v) is 14.4. The minimum Gasteiger partial charge on any atom is -0.475 e. The predicted octanol–water partition coefficient (Wildman–Crippen LogP) is 2.24. The van der Waals surface area contributed by atoms with Gasteiger partial charge in [-0.2, -0.15) is 13.2 Å². The number of likely N-dealkylation sites (N-methyl/N-ethyl adjacent to an activating group) is 1. The van der Waals surface area contributed by atoms with E-state index in [-0.39, 0.29) is 24.2 Å². The van der Waals surface area contributed by atoms with Gasteiger partial charge in [-0.1, -0.05) is 68.4 Å². The Hall–Kier alpha value is -4.46. The average Bonchev–Trinajstić information content (AvgIpc) is 3.49. The van der Waals surface area contributed by atoms with Crippen LogP contribution in [0.2, 0.25) is 0 Å². The second-order valence-corrected chi connectivity index (χ2v) is 11.0. The van der Waals surface area contributed by atoms with Crippen molar-refractivity contribution in [3.63, 3.8) is 0 Å². The Kier molecular flexibility index (Phi) is 13.5. The molecule has 246 valence electrons. The summed E-state index contributed by atoms with van der Waals surface area (Å²) in [7, 11) is 1.67. The van der Waals surface area contributed by atoms with Gasteiger partial charge in [-0.25, -0.2) is 4.79 Å². The monoisotopic (exact) mass is 635 g/mol. The largest absolute Gasteiger partial charge is 0.490 e. The SMILES string of the molecule is CN[C@@H](C)C(=O)N[C@H](C(=O)N1CCC[C@H]1C(=O)N[C@@H](Cc1ccc(-c2ccccc2)cc1)C(N)=O)C(C)C.O=C(O)C(F)(F)F. The molecule has 4 amide bonds. The van der Waals surface area contributed by atoms with E-state index in [1.807, 2.05) is 68.4 Å². The summed E-state index contributed by atoms with van der Waals surface area (Å²) in [6.45, 7) is 5.82. The number of halogens is 3. The van der Waals surface area contributed by atoms with Crippen molar-refractivity contribution >= 4 is 29.6 Å². The Balaban J connectivity index is 0.000000900. The van der Waals surface area contributed by atoms with E-state index in [9.17, 15) is 32.3 Å². The molecule has 14 heteroatoms. The van der Waals surface area contributed by atoms with Gasteiger partial charge < -0.3 is 31.7 Å². The zero-order valence-corrected chi connectivity index (χ0v) is 25.6. The molecule has 3 rings (SSSR count). The van der Waals surface area contributed by atoms with E-state index in [1.165, 1.54) is 4.90 Å². The van der Waals surface area contributed by atoms with Crippen LogP contribution in [0.15, 0.2) is 54.6 Å². The maximum Gasteiger partial charge on any atom is 0.490 e. The van der Waals surface area contributed by atoms with Gasteiger partial charge in [0.15, 0.2) is 0 Å². The highest BCUT2D eigenvalue weighted by Crippen LogP contribution is 2.22. The van der Waals surface area contributed by atoms with Gasteiger partial charge >= 0.3 is 12.1 Å². The summed E-state index contributed by atoms with van der Waals surface area (Å²) in [4.78, 5) is 61.8. The maximum absolute atomic E-state index is 13.4. The molecule has 0 spiro atoms. The number of aliphatic carboxylic acids is 1. The van der Waals surface area contributed by atoms with E-state index in [0.29, 0.717) is 19.4 Å². The molecule has 0 aliphatic carbocycles. The first-order valence-electron chi connectivity index (χ1n) is 14.4. The summed E-state index contributed by atoms with van der Waals surface area (Å²) >= 11 is 0. The van der Waals surface area contributed by atoms with Crippen molar-refractivity contribution < 1.29 is 42.3 Å². The number of amides is 4. The van der Waals surface area contributed by atoms with Crippen LogP contribution in [0.3, 0.4) is 0 Å². The summed E-state index contributed by atoms with van der Waals surface area (Å²) in [5, 5.41) is 15.6. The zero-order chi connectivity index (χ0) is 33.9. The molecular weight excluding hydrogens is 595 g/mol. The standard InChI is InChI=1S/C29H39N5O4.C2HF3O2/c1-18(2)25(33-27(36)19(3)31-4)29(38)34-16-8-11-24(34)28(37)32-23(26(30)35)17-20-12-14-22(15-13-20)21-9-6-5-7-10-21;3-2(4,5)1(6)7/h5-7,9-10,12-15,18-19,23-25,31H,8,11,16-17H2,1-4H3,(H2,30,35)(H,32,37)(H,33,36);(H,6,7)/t19-,23-,24-,25-;/m0./s1. The molecule has 0 saturated carbocycles. The van der Waals surface area contributed by atoms with Crippen LogP contribution in [0.25, 0.3) is 11.1 Å². The lowest BCUT2D eigenvalue weighted by Gasteiger charge is -2.31. The highest BCUT2D eigenvalue weighted by atomic mass is 19.4. The lowest BCUT2D eigenvalue weighted by atomic mass is 10.00. The summed E-state index contributed by atoms with van der Waals surface area (Å²) in [5.74, 6) is -4.58. The molecule has 4 atom stereocenters. The number of hydrogen-bond donors (Lipinski definition) is 5. The van der Waals surface area contributed by atoms with Crippen molar-refractivity contribution in [2.75, 3.05) is 13.6 Å². The third kappa shape index (κ3) is 10.9. The van der Waals surface area contributed by atoms with Crippen LogP contribution in [0.5, 0.6) is 0 Å². The number of nitrogens with one attached hydrogen (secondary N) is 3. The number of benzene rings is 2. The predicted molar refractivity (Wildman–Crippen MR) is 160 cm³/mol. The van der Waals surface area contributed by atoms with Gasteiger partial charge in [0.2, 0.25) is 23.6 Å². The van der Waals surface area contributed by atoms with E-state index in [0.717, 1.165) is 16.7 Å². The van der Waals surface area contributed by atoms with Crippen LogP contribution in [-0.4, -0.2) is 83.5 Å². The normalized spacial score (nSPS) is 16.5. The van der Waals surface area contributed by atoms with Crippen LogP contribution in [0, 0.1) is 5.92 Å². The third-order valence-corrected chi connectivity index (χ3v) is 7.30. The van der Waals surface area contributed by atoms with E-state index in [4.69, 9.17) is 15.6 Å². The quantitative estimate of drug-likeness (QED) is 0.252. The topological polar surface area (TPSA) is 171 Å². The van der Waals surface area contributed by atoms with Gasteiger partial charge in [0, 0.05) is 13.0 Å². The first-order chi connectivity index (χ1) is 21.1. The minimum atomic E-state index is -5.08. The molecule has 1 saturated heterocycles. The van der Waals surface area contributed by atoms with E-state index >= 15 is 0 Å². The second kappa shape index (κ2) is 16.6. The number of alkyl halides is 3. The van der Waals surface area contributed by atoms with Gasteiger partial charge in [-0.15, -0.1) is 0 Å². The fourth-order valence-corrected chi connectivity index (χ4v) is 4.59. The van der Waals surface area contributed by atoms with E-state index in [2.05, 4.69) is 16.0 Å². The molecule has 1 fully saturated rings. The third-order valence-electron chi connectivity index (χ3n) is 7.30. The second-order valence-electron chi connectivity index (χ2n) is 11.0. The summed E-state index contributed by atoms with van der Waals surface area (Å²) < 4.78 is 31.7. The number of likely N-dealkylation sites (tertiary alicyclic amines) is 1. The summed E-state index contributed by atoms with van der Waals surface area (Å²) in [5.41, 5.74) is 8.63. The lowest BCUT2D eigenvalue weighted by Crippen LogP contribution is -2.58. The molecule has 2 aromatic rings. The van der Waals surface area contributed by atoms with Gasteiger partial charge in [-0.3, -0.25) is 19.2 Å². The molecule has 2 aromatic carbocycles. The number of rotatable bonds is 11. The Morgan fingerprint density at radius 3 is 2.00 bits per heavy atom. The average molecular weight is 636 g/mol. The number of carbonyl (C=O) groups is 5. The maximum atomic E-state index is 13.4. The molecule has 0 bridgehead atoms. The number of hydrogen-bond acceptors (Lipinski definition) is 6. The fraction of sp³-hybridized carbons (Fsp3) is 0.452. The first kappa shape index (κ1) is 36.7. The highest BCUT2D eigenvalue weighted by molar-refractivity contribution is 5.95. The molecule has 0 aromatic heterocycles. The van der Waals surface area contributed by atoms with Crippen molar-refractivity contribution in [3.05, 3.63) is 60.2 Å². The molecular formula is C31H40F3N5O6. The molecule has 1 aliphatic rings. The number of carboxylic acid groups (broad SMARTS) is 1. The van der Waals surface area contributed by atoms with E-state index < -0.39 is 48.1 Å². The van der Waals surface area contributed by atoms with Crippen LogP contribution in [0.1, 0.15) is 39.2 Å². The van der Waals surface area contributed by atoms with Crippen molar-refractivity contribution in [2.24, 2.45) is 11.7 Å². The molecule has 45 heavy (non-hydrogen) atoms. The van der Waals surface area contributed by atoms with Crippen LogP contribution in [0.4, 0.5) is 13.2 Å². The number of carbonyl (C=O) groups excluding carboxylic acids is 4. The summed E-state index contributed by atoms with van der Waals surface area (Å²) in [6.07, 6.45) is -3.72. The minimum absolute atomic E-state index is 0.169. The lowest BCUT2D eigenvalue weighted by molar-refractivity contribution is -0.192. The highest BCUT2D eigenvalue weighted by Gasteiger charge is 2.40. The molecule has 6 N–H and O–H groups in total. The Labute approximate surface area is 259 Å². The number of carboxylic acids is 1. The van der Waals surface area contributed by atoms with Crippen molar-refractivity contribution in [2.45, 2.75) is 70.4 Å². The zero-order valence-electron chi connectivity index (χ0n) is 25.6. The van der Waals surface area contributed by atoms with E-state index in [1.54, 1.807) is 14.0 Å². The number of primary amides is 1. The number of nitrogens with zero attached hydrogens (tertiary/aromatic N) is 1. The van der Waals surface area contributed by atoms with Crippen molar-refractivity contribution in [3.8, 4) is 11.1 Å². The van der Waals surface area contributed by atoms with Gasteiger partial charge in [0.25, 0.3) is 0 Å². The fourth-order valence-electron chi connectivity index (χ4n) is 4.59. The Bertz CT molecular complexity index is 1320. The van der Waals surface area contributed by atoms with Crippen LogP contribution in [-0.2, 0) is 30.4 Å². The molecule has 11 nitrogen and oxygen atoms in total. The molecule has 0 radical (unpaired) electrons. The van der Waals surface area contributed by atoms with Crippen molar-refractivity contribution in [1.29, 1.82) is 0 Å². The van der Waals surface area contributed by atoms with Gasteiger partial charge in [-0.05, 0) is 49.4 Å². The van der Waals surface area contributed by atoms with Gasteiger partial charge in [0.05, 0.1) is 6.04 Å². The Morgan fingerprint density at radius 1 is 0.956 bits per heavy atom. The van der Waals surface area contributed by atoms with Crippen molar-refractivity contribution in [1.82, 2.24) is 20.9 Å². The molecule has 0 unspecified atom stereocenters. The molecule has 1 heterocycles.